The topological polar surface area (TPSA) is 37.3 Å². The summed E-state index contributed by atoms with van der Waals surface area (Å²) in [6, 6.07) is 8.56. The molecule has 1 N–H and O–H groups in total. The van der Waals surface area contributed by atoms with Crippen molar-refractivity contribution >= 4 is 5.97 Å². The van der Waals surface area contributed by atoms with Crippen LogP contribution in [0.5, 0.6) is 0 Å². The maximum Gasteiger partial charge on any atom is 0.307 e. The highest BCUT2D eigenvalue weighted by Crippen LogP contribution is 2.21. The molecule has 0 fully saturated rings. The first-order chi connectivity index (χ1) is 9.17. The van der Waals surface area contributed by atoms with Gasteiger partial charge in [0.05, 0.1) is 6.42 Å². The third kappa shape index (κ3) is 6.80. The van der Waals surface area contributed by atoms with E-state index in [1.807, 2.05) is 19.9 Å². The molecule has 0 aliphatic heterocycles. The van der Waals surface area contributed by atoms with E-state index >= 15 is 0 Å². The number of aryl methyl sites for hydroxylation is 1. The fourth-order valence-electron chi connectivity index (χ4n) is 1.82. The van der Waals surface area contributed by atoms with Crippen LogP contribution in [0.3, 0.4) is 0 Å². The number of hydrogen-bond donors (Lipinski definition) is 1. The van der Waals surface area contributed by atoms with Crippen LogP contribution in [0.25, 0.3) is 0 Å². The number of allylic oxidation sites excluding steroid dienone is 1. The van der Waals surface area contributed by atoms with Gasteiger partial charge in [0.15, 0.2) is 0 Å². The van der Waals surface area contributed by atoms with Crippen molar-refractivity contribution in [2.75, 3.05) is 0 Å². The van der Waals surface area contributed by atoms with Crippen molar-refractivity contribution in [1.82, 2.24) is 0 Å². The van der Waals surface area contributed by atoms with Gasteiger partial charge in [-0.25, -0.2) is 0 Å². The van der Waals surface area contributed by atoms with Crippen molar-refractivity contribution in [1.29, 1.82) is 0 Å². The van der Waals surface area contributed by atoms with Gasteiger partial charge in [-0.1, -0.05) is 64.1 Å². The van der Waals surface area contributed by atoms with Crippen LogP contribution in [0.15, 0.2) is 36.4 Å². The average Bonchev–Trinajstić information content (AvgIpc) is 2.46. The molecule has 0 bridgehead atoms. The fourth-order valence-corrected chi connectivity index (χ4v) is 1.82. The van der Waals surface area contributed by atoms with Gasteiger partial charge in [-0.05, 0) is 24.0 Å². The van der Waals surface area contributed by atoms with Crippen molar-refractivity contribution in [3.8, 4) is 0 Å². The van der Waals surface area contributed by atoms with E-state index in [9.17, 15) is 4.79 Å². The summed E-state index contributed by atoms with van der Waals surface area (Å²) >= 11 is 0. The Hall–Kier alpha value is -1.57. The molecule has 0 saturated carbocycles. The van der Waals surface area contributed by atoms with Crippen molar-refractivity contribution in [2.24, 2.45) is 0 Å². The van der Waals surface area contributed by atoms with E-state index in [2.05, 4.69) is 38.1 Å². The average molecular weight is 262 g/mol. The van der Waals surface area contributed by atoms with Crippen LogP contribution < -0.4 is 0 Å². The summed E-state index contributed by atoms with van der Waals surface area (Å²) in [6.07, 6.45) is 5.87. The molecule has 0 spiro atoms. The van der Waals surface area contributed by atoms with E-state index in [1.54, 1.807) is 6.08 Å². The number of carbonyl (C=O) groups is 1. The van der Waals surface area contributed by atoms with Crippen molar-refractivity contribution in [3.63, 3.8) is 0 Å². The molecule has 1 rings (SSSR count). The molecule has 0 saturated heterocycles. The zero-order valence-corrected chi connectivity index (χ0v) is 12.5. The summed E-state index contributed by atoms with van der Waals surface area (Å²) in [7, 11) is 0. The van der Waals surface area contributed by atoms with Crippen LogP contribution in [-0.2, 0) is 11.2 Å². The third-order valence-electron chi connectivity index (χ3n) is 2.92. The van der Waals surface area contributed by atoms with E-state index < -0.39 is 5.97 Å². The number of carboxylic acid groups (broad SMARTS) is 1. The van der Waals surface area contributed by atoms with Gasteiger partial charge in [-0.15, -0.1) is 0 Å². The van der Waals surface area contributed by atoms with Crippen molar-refractivity contribution < 1.29 is 9.90 Å². The molecule has 0 heterocycles. The highest BCUT2D eigenvalue weighted by Gasteiger charge is 2.05. The Morgan fingerprint density at radius 3 is 2.21 bits per heavy atom. The molecule has 1 aromatic rings. The molecule has 0 aromatic heterocycles. The molecule has 0 aliphatic rings. The summed E-state index contributed by atoms with van der Waals surface area (Å²) in [5.41, 5.74) is 2.59. The Balaban J connectivity index is 0.00000154. The maximum absolute atomic E-state index is 10.4. The van der Waals surface area contributed by atoms with Gasteiger partial charge < -0.3 is 5.11 Å². The number of carboxylic acids is 1. The predicted molar refractivity (Wildman–Crippen MR) is 81.6 cm³/mol. The first kappa shape index (κ1) is 17.4. The lowest BCUT2D eigenvalue weighted by Gasteiger charge is -2.11. The quantitative estimate of drug-likeness (QED) is 0.748. The highest BCUT2D eigenvalue weighted by atomic mass is 16.4. The van der Waals surface area contributed by atoms with Gasteiger partial charge in [-0.3, -0.25) is 4.79 Å². The minimum atomic E-state index is -0.780. The van der Waals surface area contributed by atoms with Crippen molar-refractivity contribution in [3.05, 3.63) is 47.5 Å². The van der Waals surface area contributed by atoms with Crippen LogP contribution in [0.4, 0.5) is 0 Å². The second kappa shape index (κ2) is 10.4. The van der Waals surface area contributed by atoms with E-state index in [0.29, 0.717) is 5.92 Å². The summed E-state index contributed by atoms with van der Waals surface area (Å²) < 4.78 is 0. The standard InChI is InChI=1S/C15H20O2.C2H6/c1-3-12-8-10-14(11-9-12)13(4-2)6-5-7-15(16)17;1-2/h5-6,8-11,13H,3-4,7H2,1-2H3,(H,16,17);1-2H3. The van der Waals surface area contributed by atoms with Crippen LogP contribution in [0.2, 0.25) is 0 Å². The lowest BCUT2D eigenvalue weighted by Crippen LogP contribution is -1.95. The van der Waals surface area contributed by atoms with E-state index in [1.165, 1.54) is 11.1 Å². The molecular formula is C17H26O2. The molecule has 2 heteroatoms. The molecule has 19 heavy (non-hydrogen) atoms. The van der Waals surface area contributed by atoms with Gasteiger partial charge in [0.2, 0.25) is 0 Å². The molecule has 0 amide bonds. The minimum absolute atomic E-state index is 0.101. The fraction of sp³-hybridized carbons (Fsp3) is 0.471. The van der Waals surface area contributed by atoms with Gasteiger partial charge in [0.25, 0.3) is 0 Å². The second-order valence-corrected chi connectivity index (χ2v) is 4.14. The molecule has 1 aromatic carbocycles. The monoisotopic (exact) mass is 262 g/mol. The summed E-state index contributed by atoms with van der Waals surface area (Å²) in [5.74, 6) is -0.460. The Morgan fingerprint density at radius 1 is 1.21 bits per heavy atom. The first-order valence-corrected chi connectivity index (χ1v) is 7.14. The maximum atomic E-state index is 10.4. The number of aliphatic carboxylic acids is 1. The number of hydrogen-bond acceptors (Lipinski definition) is 1. The summed E-state index contributed by atoms with van der Waals surface area (Å²) in [6.45, 7) is 8.25. The molecule has 0 radical (unpaired) electrons. The van der Waals surface area contributed by atoms with E-state index in [0.717, 1.165) is 12.8 Å². The first-order valence-electron chi connectivity index (χ1n) is 7.14. The summed E-state index contributed by atoms with van der Waals surface area (Å²) in [4.78, 5) is 10.4. The summed E-state index contributed by atoms with van der Waals surface area (Å²) in [5, 5.41) is 8.59. The second-order valence-electron chi connectivity index (χ2n) is 4.14. The Kier molecular flexibility index (Phi) is 9.51. The Labute approximate surface area is 117 Å². The largest absolute Gasteiger partial charge is 0.481 e. The van der Waals surface area contributed by atoms with Gasteiger partial charge in [0, 0.05) is 5.92 Å². The molecule has 106 valence electrons. The highest BCUT2D eigenvalue weighted by molar-refractivity contribution is 5.68. The smallest absolute Gasteiger partial charge is 0.307 e. The van der Waals surface area contributed by atoms with Crippen LogP contribution >= 0.6 is 0 Å². The predicted octanol–water partition coefficient (Wildman–Crippen LogP) is 4.80. The number of rotatable bonds is 6. The minimum Gasteiger partial charge on any atom is -0.481 e. The zero-order valence-electron chi connectivity index (χ0n) is 12.5. The number of benzene rings is 1. The molecule has 2 nitrogen and oxygen atoms in total. The Bertz CT molecular complexity index is 377. The van der Waals surface area contributed by atoms with Crippen molar-refractivity contribution in [2.45, 2.75) is 52.9 Å². The SMILES string of the molecule is CC.CCc1ccc(C(C=CCC(=O)O)CC)cc1. The lowest BCUT2D eigenvalue weighted by atomic mass is 9.94. The normalized spacial score (nSPS) is 11.8. The molecule has 1 atom stereocenters. The van der Waals surface area contributed by atoms with Crippen LogP contribution in [0, 0.1) is 0 Å². The molecule has 1 unspecified atom stereocenters. The van der Waals surface area contributed by atoms with Crippen LogP contribution in [0.1, 0.15) is 57.6 Å². The lowest BCUT2D eigenvalue weighted by molar-refractivity contribution is -0.136. The van der Waals surface area contributed by atoms with Gasteiger partial charge in [0.1, 0.15) is 0 Å². The third-order valence-corrected chi connectivity index (χ3v) is 2.92. The molecule has 0 aliphatic carbocycles. The van der Waals surface area contributed by atoms with E-state index in [4.69, 9.17) is 5.11 Å². The Morgan fingerprint density at radius 2 is 1.79 bits per heavy atom. The molecular weight excluding hydrogens is 236 g/mol. The zero-order chi connectivity index (χ0) is 14.7. The van der Waals surface area contributed by atoms with Gasteiger partial charge in [-0.2, -0.15) is 0 Å². The van der Waals surface area contributed by atoms with Crippen LogP contribution in [-0.4, -0.2) is 11.1 Å². The van der Waals surface area contributed by atoms with Gasteiger partial charge >= 0.3 is 5.97 Å². The van der Waals surface area contributed by atoms with E-state index in [-0.39, 0.29) is 6.42 Å².